The zero-order valence-electron chi connectivity index (χ0n) is 16.8. The number of hydrogen-bond acceptors (Lipinski definition) is 4. The number of benzene rings is 1. The van der Waals surface area contributed by atoms with Gasteiger partial charge in [-0.3, -0.25) is 14.5 Å². The number of piperazine rings is 1. The van der Waals surface area contributed by atoms with E-state index in [1.807, 2.05) is 24.3 Å². The molecular weight excluding hydrogens is 392 g/mol. The molecule has 2 heterocycles. The van der Waals surface area contributed by atoms with Crippen molar-refractivity contribution in [3.05, 3.63) is 29.3 Å². The summed E-state index contributed by atoms with van der Waals surface area (Å²) in [4.78, 5) is 43.8. The molecule has 156 valence electrons. The second kappa shape index (κ2) is 8.32. The van der Waals surface area contributed by atoms with Gasteiger partial charge in [0.05, 0.1) is 26.2 Å². The zero-order valence-corrected chi connectivity index (χ0v) is 17.5. The van der Waals surface area contributed by atoms with Gasteiger partial charge >= 0.3 is 17.8 Å². The van der Waals surface area contributed by atoms with Crippen LogP contribution in [0.25, 0.3) is 0 Å². The van der Waals surface area contributed by atoms with Crippen molar-refractivity contribution >= 4 is 35.1 Å². The van der Waals surface area contributed by atoms with Crippen LogP contribution in [0, 0.1) is 5.92 Å². The Hall–Kier alpha value is -2.12. The third-order valence-corrected chi connectivity index (χ3v) is 6.74. The fourth-order valence-corrected chi connectivity index (χ4v) is 4.95. The SMILES string of the molecule is C[C@H]1CCCC[C@@H]1N1C(=O)C(=O)N(C[NH+]2CCN(c3cccc(Cl)c3)CC2)C1=O. The molecule has 2 saturated heterocycles. The second-order valence-electron chi connectivity index (χ2n) is 8.40. The van der Waals surface area contributed by atoms with Gasteiger partial charge in [0.15, 0.2) is 6.67 Å². The Bertz CT molecular complexity index is 809. The number of carbonyl (C=O) groups is 3. The summed E-state index contributed by atoms with van der Waals surface area (Å²) < 4.78 is 0. The van der Waals surface area contributed by atoms with Crippen LogP contribution >= 0.6 is 11.6 Å². The average Bonchev–Trinajstić information content (AvgIpc) is 2.92. The predicted octanol–water partition coefficient (Wildman–Crippen LogP) is 1.37. The molecule has 3 aliphatic rings. The molecule has 1 aromatic carbocycles. The van der Waals surface area contributed by atoms with Crippen LogP contribution in [0.4, 0.5) is 10.5 Å². The van der Waals surface area contributed by atoms with E-state index < -0.39 is 17.8 Å². The first-order valence-electron chi connectivity index (χ1n) is 10.5. The highest BCUT2D eigenvalue weighted by Crippen LogP contribution is 2.31. The second-order valence-corrected chi connectivity index (χ2v) is 8.83. The van der Waals surface area contributed by atoms with Gasteiger partial charge in [-0.05, 0) is 37.0 Å². The molecule has 1 aromatic rings. The fourth-order valence-electron chi connectivity index (χ4n) is 4.77. The summed E-state index contributed by atoms with van der Waals surface area (Å²) in [6, 6.07) is 7.20. The largest absolute Gasteiger partial charge is 0.360 e. The van der Waals surface area contributed by atoms with Crippen LogP contribution in [0.1, 0.15) is 32.6 Å². The van der Waals surface area contributed by atoms with Gasteiger partial charge in [0, 0.05) is 16.8 Å². The summed E-state index contributed by atoms with van der Waals surface area (Å²) >= 11 is 6.09. The Morgan fingerprint density at radius 2 is 1.79 bits per heavy atom. The molecule has 0 radical (unpaired) electrons. The third-order valence-electron chi connectivity index (χ3n) is 6.51. The highest BCUT2D eigenvalue weighted by molar-refractivity contribution is 6.44. The lowest BCUT2D eigenvalue weighted by molar-refractivity contribution is -0.907. The summed E-state index contributed by atoms with van der Waals surface area (Å²) in [7, 11) is 0. The number of nitrogens with one attached hydrogen (secondary N) is 1. The van der Waals surface area contributed by atoms with Crippen LogP contribution in [0.5, 0.6) is 0 Å². The fraction of sp³-hybridized carbons (Fsp3) is 0.571. The van der Waals surface area contributed by atoms with Crippen molar-refractivity contribution in [1.82, 2.24) is 9.80 Å². The Morgan fingerprint density at radius 3 is 2.48 bits per heavy atom. The van der Waals surface area contributed by atoms with E-state index in [0.717, 1.165) is 67.3 Å². The Labute approximate surface area is 176 Å². The molecule has 2 aliphatic heterocycles. The van der Waals surface area contributed by atoms with E-state index in [1.54, 1.807) is 0 Å². The first-order chi connectivity index (χ1) is 14.0. The quantitative estimate of drug-likeness (QED) is 0.591. The van der Waals surface area contributed by atoms with Crippen molar-refractivity contribution in [2.24, 2.45) is 5.92 Å². The van der Waals surface area contributed by atoms with Crippen molar-refractivity contribution in [2.45, 2.75) is 38.6 Å². The summed E-state index contributed by atoms with van der Waals surface area (Å²) in [6.07, 6.45) is 3.90. The number of carbonyl (C=O) groups excluding carboxylic acids is 3. The van der Waals surface area contributed by atoms with Gasteiger partial charge in [0.2, 0.25) is 0 Å². The Morgan fingerprint density at radius 1 is 1.07 bits per heavy atom. The highest BCUT2D eigenvalue weighted by Gasteiger charge is 2.50. The summed E-state index contributed by atoms with van der Waals surface area (Å²) in [5, 5.41) is 0.709. The Balaban J connectivity index is 1.38. The van der Waals surface area contributed by atoms with Gasteiger partial charge < -0.3 is 9.80 Å². The maximum absolute atomic E-state index is 12.9. The molecule has 1 N–H and O–H groups in total. The van der Waals surface area contributed by atoms with E-state index in [2.05, 4.69) is 11.8 Å². The maximum atomic E-state index is 12.9. The molecular formula is C21H28ClN4O3+. The highest BCUT2D eigenvalue weighted by atomic mass is 35.5. The lowest BCUT2D eigenvalue weighted by Crippen LogP contribution is -3.16. The lowest BCUT2D eigenvalue weighted by atomic mass is 9.85. The number of rotatable bonds is 4. The molecule has 0 spiro atoms. The van der Waals surface area contributed by atoms with Gasteiger partial charge in [-0.15, -0.1) is 0 Å². The first kappa shape index (κ1) is 20.2. The van der Waals surface area contributed by atoms with Crippen LogP contribution in [-0.4, -0.2) is 66.5 Å². The number of imide groups is 2. The molecule has 0 bridgehead atoms. The molecule has 7 nitrogen and oxygen atoms in total. The molecule has 29 heavy (non-hydrogen) atoms. The van der Waals surface area contributed by atoms with Gasteiger partial charge in [-0.2, -0.15) is 0 Å². The van der Waals surface area contributed by atoms with E-state index in [0.29, 0.717) is 5.02 Å². The van der Waals surface area contributed by atoms with Gasteiger partial charge in [-0.1, -0.05) is 37.4 Å². The van der Waals surface area contributed by atoms with Gasteiger partial charge in [0.25, 0.3) is 0 Å². The van der Waals surface area contributed by atoms with E-state index >= 15 is 0 Å². The van der Waals surface area contributed by atoms with E-state index in [-0.39, 0.29) is 18.6 Å². The van der Waals surface area contributed by atoms with Crippen LogP contribution in [0.3, 0.4) is 0 Å². The van der Waals surface area contributed by atoms with Crippen LogP contribution in [0.15, 0.2) is 24.3 Å². The minimum absolute atomic E-state index is 0.146. The molecule has 1 aliphatic carbocycles. The Kier molecular flexibility index (Phi) is 5.79. The van der Waals surface area contributed by atoms with Crippen molar-refractivity contribution in [3.63, 3.8) is 0 Å². The van der Waals surface area contributed by atoms with Crippen LogP contribution < -0.4 is 9.80 Å². The molecule has 8 heteroatoms. The lowest BCUT2D eigenvalue weighted by Gasteiger charge is -2.35. The van der Waals surface area contributed by atoms with E-state index in [9.17, 15) is 14.4 Å². The smallest absolute Gasteiger partial charge is 0.338 e. The standard InChI is InChI=1S/C21H27ClN4O3/c1-15-5-2-3-8-18(15)26-20(28)19(27)25(21(26)29)14-23-9-11-24(12-10-23)17-7-4-6-16(22)13-17/h4,6-7,13,15,18H,2-3,5,8-12,14H2,1H3/p+1/t15-,18-/m0/s1. The van der Waals surface area contributed by atoms with E-state index in [1.165, 1.54) is 4.90 Å². The number of hydrogen-bond donors (Lipinski definition) is 1. The molecule has 1 saturated carbocycles. The van der Waals surface area contributed by atoms with Gasteiger partial charge in [-0.25, -0.2) is 9.69 Å². The topological polar surface area (TPSA) is 65.4 Å². The summed E-state index contributed by atoms with van der Waals surface area (Å²) in [5.74, 6) is -1.07. The molecule has 4 rings (SSSR count). The van der Waals surface area contributed by atoms with Crippen molar-refractivity contribution in [1.29, 1.82) is 0 Å². The molecule has 3 fully saturated rings. The number of nitrogens with zero attached hydrogens (tertiary/aromatic N) is 3. The zero-order chi connectivity index (χ0) is 20.5. The molecule has 0 unspecified atom stereocenters. The first-order valence-corrected chi connectivity index (χ1v) is 10.9. The predicted molar refractivity (Wildman–Crippen MR) is 110 cm³/mol. The normalized spacial score (nSPS) is 26.6. The van der Waals surface area contributed by atoms with Crippen molar-refractivity contribution in [2.75, 3.05) is 37.7 Å². The minimum atomic E-state index is -0.669. The van der Waals surface area contributed by atoms with E-state index in [4.69, 9.17) is 11.6 Å². The summed E-state index contributed by atoms with van der Waals surface area (Å²) in [5.41, 5.74) is 1.08. The number of quaternary nitrogens is 1. The van der Waals surface area contributed by atoms with Crippen molar-refractivity contribution in [3.8, 4) is 0 Å². The number of anilines is 1. The maximum Gasteiger partial charge on any atom is 0.338 e. The summed E-state index contributed by atoms with van der Waals surface area (Å²) in [6.45, 7) is 5.52. The van der Waals surface area contributed by atoms with Crippen LogP contribution in [-0.2, 0) is 9.59 Å². The molecule has 2 atom stereocenters. The third kappa shape index (κ3) is 3.98. The average molecular weight is 420 g/mol. The van der Waals surface area contributed by atoms with Crippen LogP contribution in [0.2, 0.25) is 5.02 Å². The number of halogens is 1. The molecule has 0 aromatic heterocycles. The van der Waals surface area contributed by atoms with Crippen molar-refractivity contribution < 1.29 is 19.3 Å². The monoisotopic (exact) mass is 419 g/mol. The van der Waals surface area contributed by atoms with Gasteiger partial charge in [0.1, 0.15) is 0 Å². The number of amides is 4. The molecule has 4 amide bonds. The number of urea groups is 1. The minimum Gasteiger partial charge on any atom is -0.360 e.